The van der Waals surface area contributed by atoms with Crippen molar-refractivity contribution >= 4 is 10.8 Å². The molecule has 0 bridgehead atoms. The lowest BCUT2D eigenvalue weighted by Gasteiger charge is -2.15. The molecule has 2 N–H and O–H groups in total. The maximum Gasteiger partial charge on any atom is 0.168 e. The van der Waals surface area contributed by atoms with Crippen molar-refractivity contribution in [1.82, 2.24) is 4.98 Å². The van der Waals surface area contributed by atoms with E-state index >= 15 is 0 Å². The molecule has 2 aromatic carbocycles. The van der Waals surface area contributed by atoms with Gasteiger partial charge in [0.1, 0.15) is 6.61 Å². The molecule has 0 aliphatic rings. The SMILES string of the molecule is Oc1ccc2ccccc2c1OCC(O)CCc1cccnc1. The van der Waals surface area contributed by atoms with Crippen molar-refractivity contribution in [3.8, 4) is 11.5 Å². The number of phenolic OH excluding ortho intramolecular Hbond substituents is 1. The van der Waals surface area contributed by atoms with Crippen LogP contribution in [0.1, 0.15) is 12.0 Å². The second kappa shape index (κ2) is 7.11. The quantitative estimate of drug-likeness (QED) is 0.733. The summed E-state index contributed by atoms with van der Waals surface area (Å²) in [4.78, 5) is 4.06. The van der Waals surface area contributed by atoms with Gasteiger partial charge in [0, 0.05) is 17.8 Å². The molecule has 118 valence electrons. The number of nitrogens with zero attached hydrogens (tertiary/aromatic N) is 1. The van der Waals surface area contributed by atoms with Crippen LogP contribution in [-0.2, 0) is 6.42 Å². The van der Waals surface area contributed by atoms with E-state index in [0.29, 0.717) is 12.2 Å². The predicted octanol–water partition coefficient (Wildman–Crippen LogP) is 3.31. The largest absolute Gasteiger partial charge is 0.504 e. The lowest BCUT2D eigenvalue weighted by atomic mass is 10.1. The van der Waals surface area contributed by atoms with E-state index in [-0.39, 0.29) is 12.4 Å². The number of aliphatic hydroxyl groups excluding tert-OH is 1. The molecule has 0 amide bonds. The highest BCUT2D eigenvalue weighted by atomic mass is 16.5. The van der Waals surface area contributed by atoms with Crippen molar-refractivity contribution in [3.63, 3.8) is 0 Å². The molecule has 3 rings (SSSR count). The first-order valence-electron chi connectivity index (χ1n) is 7.64. The van der Waals surface area contributed by atoms with Gasteiger partial charge in [0.05, 0.1) is 6.10 Å². The van der Waals surface area contributed by atoms with Crippen LogP contribution < -0.4 is 4.74 Å². The molecular formula is C19H19NO3. The zero-order valence-electron chi connectivity index (χ0n) is 12.7. The van der Waals surface area contributed by atoms with Gasteiger partial charge in [0.25, 0.3) is 0 Å². The van der Waals surface area contributed by atoms with Crippen LogP contribution in [0.3, 0.4) is 0 Å². The Morgan fingerprint density at radius 1 is 1.04 bits per heavy atom. The molecule has 0 saturated carbocycles. The third kappa shape index (κ3) is 3.79. The summed E-state index contributed by atoms with van der Waals surface area (Å²) in [5.41, 5.74) is 1.08. The monoisotopic (exact) mass is 309 g/mol. The molecule has 1 heterocycles. The summed E-state index contributed by atoms with van der Waals surface area (Å²) < 4.78 is 5.68. The van der Waals surface area contributed by atoms with Crippen LogP contribution in [-0.4, -0.2) is 27.9 Å². The minimum atomic E-state index is -0.603. The molecule has 1 unspecified atom stereocenters. The molecule has 23 heavy (non-hydrogen) atoms. The number of hydrogen-bond donors (Lipinski definition) is 2. The van der Waals surface area contributed by atoms with Gasteiger partial charge in [-0.2, -0.15) is 0 Å². The van der Waals surface area contributed by atoms with Gasteiger partial charge >= 0.3 is 0 Å². The van der Waals surface area contributed by atoms with Gasteiger partial charge in [-0.05, 0) is 35.9 Å². The number of aliphatic hydroxyl groups is 1. The molecule has 0 aliphatic carbocycles. The zero-order chi connectivity index (χ0) is 16.1. The number of aromatic hydroxyl groups is 1. The van der Waals surface area contributed by atoms with E-state index in [1.54, 1.807) is 18.5 Å². The predicted molar refractivity (Wildman–Crippen MR) is 89.7 cm³/mol. The molecule has 0 saturated heterocycles. The van der Waals surface area contributed by atoms with Gasteiger partial charge in [0.2, 0.25) is 0 Å². The molecule has 4 nitrogen and oxygen atoms in total. The summed E-state index contributed by atoms with van der Waals surface area (Å²) in [5.74, 6) is 0.506. The van der Waals surface area contributed by atoms with Gasteiger partial charge in [-0.15, -0.1) is 0 Å². The number of hydrogen-bond acceptors (Lipinski definition) is 4. The van der Waals surface area contributed by atoms with Crippen LogP contribution in [0.2, 0.25) is 0 Å². The standard InChI is InChI=1S/C19H19NO3/c21-16(9-7-14-4-3-11-20-12-14)13-23-19-17-6-2-1-5-15(17)8-10-18(19)22/h1-6,8,10-12,16,21-22H,7,9,13H2. The Labute approximate surface area is 135 Å². The first-order chi connectivity index (χ1) is 11.2. The van der Waals surface area contributed by atoms with Crippen molar-refractivity contribution in [1.29, 1.82) is 0 Å². The number of phenols is 1. The maximum atomic E-state index is 10.1. The molecular weight excluding hydrogens is 290 g/mol. The van der Waals surface area contributed by atoms with Crippen LogP contribution in [0.25, 0.3) is 10.8 Å². The first-order valence-corrected chi connectivity index (χ1v) is 7.64. The molecule has 3 aromatic rings. The summed E-state index contributed by atoms with van der Waals surface area (Å²) in [6, 6.07) is 15.0. The first kappa shape index (κ1) is 15.3. The van der Waals surface area contributed by atoms with E-state index < -0.39 is 6.10 Å². The smallest absolute Gasteiger partial charge is 0.168 e. The Balaban J connectivity index is 1.63. The number of aryl methyl sites for hydroxylation is 1. The van der Waals surface area contributed by atoms with Crippen LogP contribution in [0, 0.1) is 0 Å². The van der Waals surface area contributed by atoms with E-state index in [2.05, 4.69) is 4.98 Å². The highest BCUT2D eigenvalue weighted by Crippen LogP contribution is 2.34. The Morgan fingerprint density at radius 2 is 1.91 bits per heavy atom. The molecule has 0 fully saturated rings. The Kier molecular flexibility index (Phi) is 4.74. The zero-order valence-corrected chi connectivity index (χ0v) is 12.7. The normalized spacial score (nSPS) is 12.2. The van der Waals surface area contributed by atoms with Gasteiger partial charge in [0.15, 0.2) is 11.5 Å². The van der Waals surface area contributed by atoms with E-state index in [0.717, 1.165) is 22.8 Å². The molecule has 1 atom stereocenters. The third-order valence-electron chi connectivity index (χ3n) is 3.77. The lowest BCUT2D eigenvalue weighted by molar-refractivity contribution is 0.0995. The van der Waals surface area contributed by atoms with Crippen molar-refractivity contribution in [2.75, 3.05) is 6.61 Å². The summed E-state index contributed by atoms with van der Waals surface area (Å²) in [6.45, 7) is 0.141. The van der Waals surface area contributed by atoms with Crippen LogP contribution in [0.15, 0.2) is 60.9 Å². The van der Waals surface area contributed by atoms with Crippen molar-refractivity contribution in [2.45, 2.75) is 18.9 Å². The van der Waals surface area contributed by atoms with Gasteiger partial charge in [-0.25, -0.2) is 0 Å². The fourth-order valence-electron chi connectivity index (χ4n) is 2.53. The van der Waals surface area contributed by atoms with Crippen molar-refractivity contribution in [3.05, 3.63) is 66.5 Å². The minimum absolute atomic E-state index is 0.0863. The van der Waals surface area contributed by atoms with E-state index in [9.17, 15) is 10.2 Å². The highest BCUT2D eigenvalue weighted by Gasteiger charge is 2.11. The molecule has 1 aromatic heterocycles. The number of pyridine rings is 1. The van der Waals surface area contributed by atoms with Gasteiger partial charge < -0.3 is 14.9 Å². The second-order valence-corrected chi connectivity index (χ2v) is 5.50. The van der Waals surface area contributed by atoms with Crippen molar-refractivity contribution < 1.29 is 14.9 Å². The second-order valence-electron chi connectivity index (χ2n) is 5.50. The lowest BCUT2D eigenvalue weighted by Crippen LogP contribution is -2.18. The minimum Gasteiger partial charge on any atom is -0.504 e. The Hall–Kier alpha value is -2.59. The fourth-order valence-corrected chi connectivity index (χ4v) is 2.53. The van der Waals surface area contributed by atoms with E-state index in [4.69, 9.17) is 4.74 Å². The average molecular weight is 309 g/mol. The summed E-state index contributed by atoms with van der Waals surface area (Å²) >= 11 is 0. The summed E-state index contributed by atoms with van der Waals surface area (Å²) in [7, 11) is 0. The summed E-state index contributed by atoms with van der Waals surface area (Å²) in [6.07, 6.45) is 4.24. The number of ether oxygens (including phenoxy) is 1. The average Bonchev–Trinajstić information content (AvgIpc) is 2.60. The molecule has 4 heteroatoms. The Bertz CT molecular complexity index is 774. The number of rotatable bonds is 6. The van der Waals surface area contributed by atoms with Gasteiger partial charge in [-0.1, -0.05) is 36.4 Å². The molecule has 0 aliphatic heterocycles. The number of benzene rings is 2. The topological polar surface area (TPSA) is 62.6 Å². The van der Waals surface area contributed by atoms with Crippen LogP contribution in [0.4, 0.5) is 0 Å². The van der Waals surface area contributed by atoms with E-state index in [1.165, 1.54) is 0 Å². The van der Waals surface area contributed by atoms with Crippen LogP contribution in [0.5, 0.6) is 11.5 Å². The third-order valence-corrected chi connectivity index (χ3v) is 3.77. The van der Waals surface area contributed by atoms with Crippen molar-refractivity contribution in [2.24, 2.45) is 0 Å². The number of fused-ring (bicyclic) bond motifs is 1. The van der Waals surface area contributed by atoms with Crippen LogP contribution >= 0.6 is 0 Å². The highest BCUT2D eigenvalue weighted by molar-refractivity contribution is 5.90. The van der Waals surface area contributed by atoms with E-state index in [1.807, 2.05) is 42.5 Å². The molecule has 0 spiro atoms. The fraction of sp³-hybridized carbons (Fsp3) is 0.211. The summed E-state index contributed by atoms with van der Waals surface area (Å²) in [5, 5.41) is 22.0. The Morgan fingerprint density at radius 3 is 2.74 bits per heavy atom. The van der Waals surface area contributed by atoms with Gasteiger partial charge in [-0.3, -0.25) is 4.98 Å². The maximum absolute atomic E-state index is 10.1. The molecule has 0 radical (unpaired) electrons. The number of aromatic nitrogens is 1.